The van der Waals surface area contributed by atoms with Crippen molar-refractivity contribution in [1.82, 2.24) is 4.90 Å². The molecule has 0 aliphatic carbocycles. The van der Waals surface area contributed by atoms with E-state index in [1.54, 1.807) is 7.11 Å². The molecule has 0 spiro atoms. The van der Waals surface area contributed by atoms with Gasteiger partial charge in [0.15, 0.2) is 5.78 Å². The van der Waals surface area contributed by atoms with Gasteiger partial charge in [0.2, 0.25) is 0 Å². The van der Waals surface area contributed by atoms with Crippen LogP contribution in [0.25, 0.3) is 0 Å². The van der Waals surface area contributed by atoms with Gasteiger partial charge in [0, 0.05) is 13.7 Å². The molecule has 1 heterocycles. The number of carbonyl (C=O) groups excluding carboxylic acids is 1. The molecule has 0 bridgehead atoms. The van der Waals surface area contributed by atoms with E-state index >= 15 is 0 Å². The molecule has 0 saturated carbocycles. The number of piperidine rings is 1. The monoisotopic (exact) mass is 281 g/mol. The fourth-order valence-corrected chi connectivity index (χ4v) is 2.69. The average molecular weight is 281 g/mol. The van der Waals surface area contributed by atoms with Gasteiger partial charge in [-0.25, -0.2) is 4.39 Å². The summed E-state index contributed by atoms with van der Waals surface area (Å²) in [5, 5.41) is 9.65. The number of hydrogen-bond acceptors (Lipinski definition) is 4. The molecule has 5 heteroatoms. The highest BCUT2D eigenvalue weighted by Crippen LogP contribution is 2.21. The van der Waals surface area contributed by atoms with Crippen LogP contribution in [0.5, 0.6) is 5.75 Å². The fourth-order valence-electron chi connectivity index (χ4n) is 2.69. The van der Waals surface area contributed by atoms with Gasteiger partial charge in [-0.15, -0.1) is 0 Å². The van der Waals surface area contributed by atoms with Crippen molar-refractivity contribution in [2.45, 2.75) is 12.8 Å². The highest BCUT2D eigenvalue weighted by molar-refractivity contribution is 6.00. The van der Waals surface area contributed by atoms with Crippen LogP contribution in [0.1, 0.15) is 23.2 Å². The Morgan fingerprint density at radius 2 is 2.35 bits per heavy atom. The number of rotatable bonds is 5. The third-order valence-corrected chi connectivity index (χ3v) is 3.63. The van der Waals surface area contributed by atoms with Gasteiger partial charge in [-0.05, 0) is 43.5 Å². The van der Waals surface area contributed by atoms with E-state index in [-0.39, 0.29) is 23.6 Å². The van der Waals surface area contributed by atoms with Crippen LogP contribution >= 0.6 is 0 Å². The lowest BCUT2D eigenvalue weighted by atomic mass is 9.98. The number of phenolic OH excluding ortho intramolecular Hbond substituents is 1. The standard InChI is InChI=1S/C15H20FNO3/c1-20-10-11-3-2-6-17(8-11)9-15(19)13-7-12(16)4-5-14(13)18/h4-5,7,11,18H,2-3,6,8-10H2,1H3. The van der Waals surface area contributed by atoms with E-state index in [4.69, 9.17) is 4.74 Å². The summed E-state index contributed by atoms with van der Waals surface area (Å²) in [6.45, 7) is 2.55. The first-order valence-electron chi connectivity index (χ1n) is 6.83. The number of ketones is 1. The molecule has 0 radical (unpaired) electrons. The second-order valence-electron chi connectivity index (χ2n) is 5.28. The lowest BCUT2D eigenvalue weighted by Crippen LogP contribution is -2.40. The van der Waals surface area contributed by atoms with Crippen LogP contribution in [-0.2, 0) is 4.74 Å². The number of nitrogens with zero attached hydrogens (tertiary/aromatic N) is 1. The fraction of sp³-hybridized carbons (Fsp3) is 0.533. The summed E-state index contributed by atoms with van der Waals surface area (Å²) in [5.74, 6) is -0.494. The van der Waals surface area contributed by atoms with Crippen LogP contribution in [-0.4, -0.2) is 49.1 Å². The summed E-state index contributed by atoms with van der Waals surface area (Å²) in [6, 6.07) is 3.45. The van der Waals surface area contributed by atoms with Gasteiger partial charge >= 0.3 is 0 Å². The lowest BCUT2D eigenvalue weighted by Gasteiger charge is -2.31. The van der Waals surface area contributed by atoms with Crippen LogP contribution in [0.4, 0.5) is 4.39 Å². The highest BCUT2D eigenvalue weighted by Gasteiger charge is 2.23. The minimum absolute atomic E-state index is 0.0545. The van der Waals surface area contributed by atoms with Gasteiger partial charge in [-0.2, -0.15) is 0 Å². The molecule has 1 N–H and O–H groups in total. The van der Waals surface area contributed by atoms with Crippen molar-refractivity contribution in [3.8, 4) is 5.75 Å². The Labute approximate surface area is 118 Å². The highest BCUT2D eigenvalue weighted by atomic mass is 19.1. The molecule has 1 unspecified atom stereocenters. The normalized spacial score (nSPS) is 20.0. The van der Waals surface area contributed by atoms with Gasteiger partial charge in [-0.1, -0.05) is 0 Å². The zero-order valence-corrected chi connectivity index (χ0v) is 11.6. The number of likely N-dealkylation sites (tertiary alicyclic amines) is 1. The van der Waals surface area contributed by atoms with Crippen LogP contribution in [0.2, 0.25) is 0 Å². The quantitative estimate of drug-likeness (QED) is 0.839. The maximum Gasteiger partial charge on any atom is 0.180 e. The number of phenols is 1. The second-order valence-corrected chi connectivity index (χ2v) is 5.28. The molecule has 2 rings (SSSR count). The van der Waals surface area contributed by atoms with E-state index in [1.807, 2.05) is 4.90 Å². The number of aromatic hydroxyl groups is 1. The summed E-state index contributed by atoms with van der Waals surface area (Å²) >= 11 is 0. The molecule has 1 saturated heterocycles. The summed E-state index contributed by atoms with van der Waals surface area (Å²) < 4.78 is 18.3. The number of ether oxygens (including phenoxy) is 1. The van der Waals surface area contributed by atoms with Crippen molar-refractivity contribution >= 4 is 5.78 Å². The molecule has 20 heavy (non-hydrogen) atoms. The Bertz CT molecular complexity index is 476. The first kappa shape index (κ1) is 14.9. The van der Waals surface area contributed by atoms with E-state index < -0.39 is 5.82 Å². The molecular formula is C15H20FNO3. The van der Waals surface area contributed by atoms with Crippen molar-refractivity contribution in [3.05, 3.63) is 29.6 Å². The lowest BCUT2D eigenvalue weighted by molar-refractivity contribution is 0.0756. The third kappa shape index (κ3) is 3.77. The largest absolute Gasteiger partial charge is 0.507 e. The SMILES string of the molecule is COCC1CCCN(CC(=O)c2cc(F)ccc2O)C1. The number of halogens is 1. The molecule has 110 valence electrons. The van der Waals surface area contributed by atoms with Gasteiger partial charge in [0.1, 0.15) is 11.6 Å². The predicted octanol–water partition coefficient (Wildman–Crippen LogP) is 2.07. The van der Waals surface area contributed by atoms with Crippen molar-refractivity contribution < 1.29 is 19.0 Å². The Kier molecular flexibility index (Phi) is 5.09. The van der Waals surface area contributed by atoms with Gasteiger partial charge in [0.25, 0.3) is 0 Å². The van der Waals surface area contributed by atoms with Gasteiger partial charge < -0.3 is 9.84 Å². The zero-order chi connectivity index (χ0) is 14.5. The topological polar surface area (TPSA) is 49.8 Å². The summed E-state index contributed by atoms with van der Waals surface area (Å²) in [4.78, 5) is 14.2. The first-order valence-corrected chi connectivity index (χ1v) is 6.83. The number of carbonyl (C=O) groups is 1. The molecule has 0 aromatic heterocycles. The molecule has 1 aromatic carbocycles. The van der Waals surface area contributed by atoms with E-state index in [9.17, 15) is 14.3 Å². The third-order valence-electron chi connectivity index (χ3n) is 3.63. The summed E-state index contributed by atoms with van der Waals surface area (Å²) in [7, 11) is 1.68. The van der Waals surface area contributed by atoms with Crippen LogP contribution < -0.4 is 0 Å². The van der Waals surface area contributed by atoms with E-state index in [0.29, 0.717) is 12.5 Å². The number of hydrogen-bond donors (Lipinski definition) is 1. The minimum Gasteiger partial charge on any atom is -0.507 e. The van der Waals surface area contributed by atoms with Crippen LogP contribution in [0.3, 0.4) is 0 Å². The smallest absolute Gasteiger partial charge is 0.180 e. The summed E-state index contributed by atoms with van der Waals surface area (Å²) in [5.41, 5.74) is 0.0545. The Morgan fingerprint density at radius 1 is 1.55 bits per heavy atom. The van der Waals surface area contributed by atoms with E-state index in [0.717, 1.165) is 38.1 Å². The van der Waals surface area contributed by atoms with Crippen LogP contribution in [0.15, 0.2) is 18.2 Å². The summed E-state index contributed by atoms with van der Waals surface area (Å²) in [6.07, 6.45) is 2.13. The van der Waals surface area contributed by atoms with Crippen molar-refractivity contribution in [2.24, 2.45) is 5.92 Å². The molecule has 1 aliphatic rings. The zero-order valence-electron chi connectivity index (χ0n) is 11.6. The number of benzene rings is 1. The van der Waals surface area contributed by atoms with Gasteiger partial charge in [0.05, 0.1) is 18.7 Å². The second kappa shape index (κ2) is 6.81. The molecular weight excluding hydrogens is 261 g/mol. The van der Waals surface area contributed by atoms with Crippen LogP contribution in [0, 0.1) is 11.7 Å². The van der Waals surface area contributed by atoms with Gasteiger partial charge in [-0.3, -0.25) is 9.69 Å². The first-order chi connectivity index (χ1) is 9.60. The minimum atomic E-state index is -0.512. The van der Waals surface area contributed by atoms with Crippen molar-refractivity contribution in [2.75, 3.05) is 33.4 Å². The van der Waals surface area contributed by atoms with E-state index in [1.165, 1.54) is 6.07 Å². The number of methoxy groups -OCH3 is 1. The average Bonchev–Trinajstić information content (AvgIpc) is 2.42. The molecule has 1 aliphatic heterocycles. The molecule has 0 amide bonds. The number of Topliss-reactive ketones (excluding diaryl/α,β-unsaturated/α-hetero) is 1. The molecule has 1 fully saturated rings. The van der Waals surface area contributed by atoms with Crippen molar-refractivity contribution in [3.63, 3.8) is 0 Å². The maximum atomic E-state index is 13.2. The Balaban J connectivity index is 1.98. The predicted molar refractivity (Wildman–Crippen MR) is 73.4 cm³/mol. The molecule has 4 nitrogen and oxygen atoms in total. The molecule has 1 atom stereocenters. The Hall–Kier alpha value is -1.46. The molecule has 1 aromatic rings. The van der Waals surface area contributed by atoms with E-state index in [2.05, 4.69) is 0 Å². The Morgan fingerprint density at radius 3 is 3.10 bits per heavy atom. The van der Waals surface area contributed by atoms with Crippen molar-refractivity contribution in [1.29, 1.82) is 0 Å². The maximum absolute atomic E-state index is 13.2.